The Bertz CT molecular complexity index is 384. The predicted molar refractivity (Wildman–Crippen MR) is 84.3 cm³/mol. The lowest BCUT2D eigenvalue weighted by Crippen LogP contribution is -2.52. The molecule has 0 saturated carbocycles. The highest BCUT2D eigenvalue weighted by Crippen LogP contribution is 2.14. The van der Waals surface area contributed by atoms with E-state index in [1.165, 1.54) is 0 Å². The van der Waals surface area contributed by atoms with Crippen molar-refractivity contribution >= 4 is 11.9 Å². The molecule has 1 rings (SSSR count). The molecule has 1 unspecified atom stereocenters. The smallest absolute Gasteiger partial charge is 0.329 e. The summed E-state index contributed by atoms with van der Waals surface area (Å²) in [6.45, 7) is 10.1. The van der Waals surface area contributed by atoms with Crippen molar-refractivity contribution in [2.75, 3.05) is 6.54 Å². The molecule has 0 aromatic rings. The zero-order chi connectivity index (χ0) is 16.9. The van der Waals surface area contributed by atoms with E-state index < -0.39 is 29.6 Å². The van der Waals surface area contributed by atoms with Crippen LogP contribution in [0.4, 0.5) is 0 Å². The molecular formula is C16H30N2O4. The second kappa shape index (κ2) is 7.92. The van der Waals surface area contributed by atoms with E-state index in [1.54, 1.807) is 20.8 Å². The number of hydrogen-bond acceptors (Lipinski definition) is 5. The van der Waals surface area contributed by atoms with Crippen molar-refractivity contribution in [1.29, 1.82) is 0 Å². The summed E-state index contributed by atoms with van der Waals surface area (Å²) in [5.41, 5.74) is -0.608. The van der Waals surface area contributed by atoms with Crippen molar-refractivity contribution < 1.29 is 19.4 Å². The van der Waals surface area contributed by atoms with Crippen LogP contribution in [-0.2, 0) is 14.3 Å². The van der Waals surface area contributed by atoms with Crippen LogP contribution in [0.5, 0.6) is 0 Å². The van der Waals surface area contributed by atoms with Crippen molar-refractivity contribution in [3.05, 3.63) is 0 Å². The van der Waals surface area contributed by atoms with E-state index in [4.69, 9.17) is 4.74 Å². The summed E-state index contributed by atoms with van der Waals surface area (Å²) < 4.78 is 5.36. The lowest BCUT2D eigenvalue weighted by molar-refractivity contribution is -0.159. The van der Waals surface area contributed by atoms with Gasteiger partial charge >= 0.3 is 5.97 Å². The van der Waals surface area contributed by atoms with Gasteiger partial charge in [0.25, 0.3) is 5.91 Å². The zero-order valence-corrected chi connectivity index (χ0v) is 14.3. The topological polar surface area (TPSA) is 87.7 Å². The number of rotatable bonds is 6. The van der Waals surface area contributed by atoms with Crippen LogP contribution in [0, 0.1) is 5.92 Å². The minimum atomic E-state index is -1.14. The van der Waals surface area contributed by atoms with E-state index >= 15 is 0 Å². The Morgan fingerprint density at radius 1 is 1.36 bits per heavy atom. The van der Waals surface area contributed by atoms with Gasteiger partial charge in [-0.2, -0.15) is 0 Å². The van der Waals surface area contributed by atoms with E-state index in [1.807, 2.05) is 13.8 Å². The van der Waals surface area contributed by atoms with Crippen LogP contribution in [0.25, 0.3) is 0 Å². The van der Waals surface area contributed by atoms with Crippen LogP contribution in [-0.4, -0.2) is 47.3 Å². The fourth-order valence-corrected chi connectivity index (χ4v) is 2.48. The average molecular weight is 314 g/mol. The second-order valence-corrected chi connectivity index (χ2v) is 7.37. The molecule has 0 spiro atoms. The molecule has 1 fully saturated rings. The molecule has 22 heavy (non-hydrogen) atoms. The lowest BCUT2D eigenvalue weighted by Gasteiger charge is -2.27. The normalized spacial score (nSPS) is 21.5. The number of ether oxygens (including phenoxy) is 1. The molecule has 6 nitrogen and oxygen atoms in total. The largest absolute Gasteiger partial charge is 0.458 e. The van der Waals surface area contributed by atoms with Crippen molar-refractivity contribution in [1.82, 2.24) is 10.6 Å². The Morgan fingerprint density at radius 2 is 2.00 bits per heavy atom. The molecule has 0 aromatic heterocycles. The van der Waals surface area contributed by atoms with Crippen molar-refractivity contribution in [2.45, 2.75) is 77.7 Å². The fourth-order valence-electron chi connectivity index (χ4n) is 2.48. The maximum absolute atomic E-state index is 12.2. The van der Waals surface area contributed by atoms with Crippen LogP contribution in [0.15, 0.2) is 0 Å². The van der Waals surface area contributed by atoms with Gasteiger partial charge in [-0.15, -0.1) is 0 Å². The summed E-state index contributed by atoms with van der Waals surface area (Å²) >= 11 is 0. The lowest BCUT2D eigenvalue weighted by atomic mass is 10.0. The third kappa shape index (κ3) is 6.32. The molecule has 0 bridgehead atoms. The molecular weight excluding hydrogens is 284 g/mol. The second-order valence-electron chi connectivity index (χ2n) is 7.37. The minimum absolute atomic E-state index is 0.222. The molecule has 3 atom stereocenters. The highest BCUT2D eigenvalue weighted by molar-refractivity contribution is 5.87. The molecule has 0 radical (unpaired) electrons. The number of aliphatic hydroxyl groups is 1. The van der Waals surface area contributed by atoms with Crippen molar-refractivity contribution in [2.24, 2.45) is 5.92 Å². The van der Waals surface area contributed by atoms with Gasteiger partial charge in [0.15, 0.2) is 0 Å². The molecule has 128 valence electrons. The highest BCUT2D eigenvalue weighted by Gasteiger charge is 2.33. The van der Waals surface area contributed by atoms with Gasteiger partial charge in [0.2, 0.25) is 0 Å². The maximum Gasteiger partial charge on any atom is 0.329 e. The van der Waals surface area contributed by atoms with Crippen molar-refractivity contribution in [3.63, 3.8) is 0 Å². The van der Waals surface area contributed by atoms with E-state index in [0.717, 1.165) is 19.4 Å². The Kier molecular flexibility index (Phi) is 6.81. The average Bonchev–Trinajstić information content (AvgIpc) is 2.87. The van der Waals surface area contributed by atoms with Gasteiger partial charge in [-0.05, 0) is 52.5 Å². The van der Waals surface area contributed by atoms with Crippen LogP contribution >= 0.6 is 0 Å². The maximum atomic E-state index is 12.2. The fraction of sp³-hybridized carbons (Fsp3) is 0.875. The van der Waals surface area contributed by atoms with Gasteiger partial charge < -0.3 is 20.5 Å². The summed E-state index contributed by atoms with van der Waals surface area (Å²) in [6.07, 6.45) is 1.04. The minimum Gasteiger partial charge on any atom is -0.458 e. The summed E-state index contributed by atoms with van der Waals surface area (Å²) in [4.78, 5) is 24.4. The number of aliphatic hydroxyl groups excluding tert-OH is 1. The number of carbonyl (C=O) groups excluding carboxylic acids is 2. The highest BCUT2D eigenvalue weighted by atomic mass is 16.6. The molecule has 0 aromatic carbocycles. The molecule has 1 aliphatic heterocycles. The molecule has 1 aliphatic rings. The van der Waals surface area contributed by atoms with E-state index in [9.17, 15) is 14.7 Å². The van der Waals surface area contributed by atoms with Gasteiger partial charge in [-0.3, -0.25) is 4.79 Å². The van der Waals surface area contributed by atoms with Gasteiger partial charge in [-0.1, -0.05) is 13.8 Å². The molecule has 1 saturated heterocycles. The van der Waals surface area contributed by atoms with Crippen molar-refractivity contribution in [3.8, 4) is 0 Å². The first-order chi connectivity index (χ1) is 10.1. The van der Waals surface area contributed by atoms with E-state index in [-0.39, 0.29) is 12.0 Å². The van der Waals surface area contributed by atoms with Gasteiger partial charge in [0.05, 0.1) is 0 Å². The summed E-state index contributed by atoms with van der Waals surface area (Å²) in [5, 5.41) is 15.8. The van der Waals surface area contributed by atoms with Gasteiger partial charge in [0, 0.05) is 6.04 Å². The van der Waals surface area contributed by atoms with Gasteiger partial charge in [0.1, 0.15) is 17.7 Å². The monoisotopic (exact) mass is 314 g/mol. The number of nitrogens with one attached hydrogen (secondary N) is 2. The Morgan fingerprint density at radius 3 is 2.45 bits per heavy atom. The number of carbonyl (C=O) groups is 2. The summed E-state index contributed by atoms with van der Waals surface area (Å²) in [6, 6.07) is -0.971. The van der Waals surface area contributed by atoms with Crippen LogP contribution < -0.4 is 10.6 Å². The summed E-state index contributed by atoms with van der Waals surface area (Å²) in [5.74, 6) is -0.753. The quantitative estimate of drug-likeness (QED) is 0.636. The first-order valence-corrected chi connectivity index (χ1v) is 8.05. The van der Waals surface area contributed by atoms with Gasteiger partial charge in [-0.25, -0.2) is 4.79 Å². The Labute approximate surface area is 133 Å². The Hall–Kier alpha value is -1.14. The zero-order valence-electron chi connectivity index (χ0n) is 14.3. The van der Waals surface area contributed by atoms with Crippen LogP contribution in [0.1, 0.15) is 53.9 Å². The third-order valence-corrected chi connectivity index (χ3v) is 3.46. The standard InChI is InChI=1S/C16H30N2O4/c1-10(2)9-12(15(21)22-16(3,4)5)18-14(20)13(19)11-7-6-8-17-11/h10-13,17,19H,6-9H2,1-5H3,(H,18,20)/t11-,12+,13?/m0/s1. The molecule has 3 N–H and O–H groups in total. The SMILES string of the molecule is CC(C)C[C@@H](NC(=O)C(O)[C@@H]1CCCN1)C(=O)OC(C)(C)C. The number of amides is 1. The molecule has 1 amide bonds. The third-order valence-electron chi connectivity index (χ3n) is 3.46. The summed E-state index contributed by atoms with van der Waals surface area (Å²) in [7, 11) is 0. The predicted octanol–water partition coefficient (Wildman–Crippen LogP) is 0.972. The van der Waals surface area contributed by atoms with Crippen LogP contribution in [0.2, 0.25) is 0 Å². The molecule has 1 heterocycles. The molecule has 0 aliphatic carbocycles. The van der Waals surface area contributed by atoms with Crippen LogP contribution in [0.3, 0.4) is 0 Å². The number of esters is 1. The van der Waals surface area contributed by atoms with E-state index in [0.29, 0.717) is 6.42 Å². The molecule has 6 heteroatoms. The number of hydrogen-bond donors (Lipinski definition) is 3. The first-order valence-electron chi connectivity index (χ1n) is 8.05. The first kappa shape index (κ1) is 18.9. The Balaban J connectivity index is 2.66. The van der Waals surface area contributed by atoms with E-state index in [2.05, 4.69) is 10.6 Å².